The molecule has 2 aromatic carbocycles. The van der Waals surface area contributed by atoms with Crippen LogP contribution in [-0.4, -0.2) is 26.1 Å². The molecule has 0 aromatic heterocycles. The van der Waals surface area contributed by atoms with Gasteiger partial charge in [0.2, 0.25) is 0 Å². The first-order valence-electron chi connectivity index (χ1n) is 6.45. The van der Waals surface area contributed by atoms with Crippen molar-refractivity contribution in [3.8, 4) is 11.5 Å². The zero-order valence-corrected chi connectivity index (χ0v) is 12.2. The van der Waals surface area contributed by atoms with Gasteiger partial charge in [-0.05, 0) is 24.3 Å². The molecule has 22 heavy (non-hydrogen) atoms. The van der Waals surface area contributed by atoms with Crippen LogP contribution in [0, 0.1) is 0 Å². The number of hydrogen-bond donors (Lipinski definition) is 1. The molecule has 0 saturated carbocycles. The fourth-order valence-corrected chi connectivity index (χ4v) is 1.85. The summed E-state index contributed by atoms with van der Waals surface area (Å²) in [6.45, 7) is 0. The Morgan fingerprint density at radius 3 is 2.00 bits per heavy atom. The summed E-state index contributed by atoms with van der Waals surface area (Å²) in [5.41, 5.74) is 2.57. The van der Waals surface area contributed by atoms with E-state index in [2.05, 4.69) is 5.48 Å². The number of rotatable bonds is 4. The van der Waals surface area contributed by atoms with Crippen molar-refractivity contribution in [1.82, 2.24) is 5.48 Å². The van der Waals surface area contributed by atoms with Gasteiger partial charge in [-0.15, -0.1) is 0 Å². The van der Waals surface area contributed by atoms with E-state index in [0.717, 1.165) is 0 Å². The van der Waals surface area contributed by atoms with E-state index in [4.69, 9.17) is 14.3 Å². The molecule has 2 rings (SSSR count). The Bertz CT molecular complexity index is 647. The lowest BCUT2D eigenvalue weighted by atomic mass is 10.1. The Hall–Kier alpha value is -3.02. The molecule has 6 heteroatoms. The SMILES string of the molecule is COc1cccc(OC)c1C(=O)NOC(=O)c1ccccc1. The molecular formula is C16H15NO5. The fourth-order valence-electron chi connectivity index (χ4n) is 1.85. The molecule has 0 atom stereocenters. The van der Waals surface area contributed by atoms with Crippen molar-refractivity contribution >= 4 is 11.9 Å². The molecule has 0 radical (unpaired) electrons. The lowest BCUT2D eigenvalue weighted by Crippen LogP contribution is -2.27. The second-order valence-electron chi connectivity index (χ2n) is 4.22. The van der Waals surface area contributed by atoms with Crippen LogP contribution in [0.5, 0.6) is 11.5 Å². The summed E-state index contributed by atoms with van der Waals surface area (Å²) in [6, 6.07) is 13.2. The molecule has 1 amide bonds. The smallest absolute Gasteiger partial charge is 0.362 e. The highest BCUT2D eigenvalue weighted by molar-refractivity contribution is 6.00. The quantitative estimate of drug-likeness (QED) is 0.876. The van der Waals surface area contributed by atoms with Crippen LogP contribution in [0.3, 0.4) is 0 Å². The summed E-state index contributed by atoms with van der Waals surface area (Å²) < 4.78 is 10.2. The standard InChI is InChI=1S/C16H15NO5/c1-20-12-9-6-10-13(21-2)14(12)15(18)17-22-16(19)11-7-4-3-5-8-11/h3-10H,1-2H3,(H,17,18). The van der Waals surface area contributed by atoms with Crippen LogP contribution in [0.2, 0.25) is 0 Å². The monoisotopic (exact) mass is 301 g/mol. The van der Waals surface area contributed by atoms with Crippen molar-refractivity contribution in [2.75, 3.05) is 14.2 Å². The normalized spacial score (nSPS) is 9.73. The van der Waals surface area contributed by atoms with Crippen LogP contribution in [-0.2, 0) is 4.84 Å². The van der Waals surface area contributed by atoms with Crippen molar-refractivity contribution in [2.45, 2.75) is 0 Å². The zero-order chi connectivity index (χ0) is 15.9. The van der Waals surface area contributed by atoms with Gasteiger partial charge >= 0.3 is 5.97 Å². The number of carbonyl (C=O) groups is 2. The average molecular weight is 301 g/mol. The highest BCUT2D eigenvalue weighted by atomic mass is 16.7. The first-order chi connectivity index (χ1) is 10.7. The Morgan fingerprint density at radius 1 is 0.864 bits per heavy atom. The Labute approximate surface area is 127 Å². The van der Waals surface area contributed by atoms with Crippen molar-refractivity contribution < 1.29 is 23.9 Å². The molecule has 0 bridgehead atoms. The molecule has 0 fully saturated rings. The van der Waals surface area contributed by atoms with E-state index in [1.807, 2.05) is 0 Å². The molecule has 6 nitrogen and oxygen atoms in total. The van der Waals surface area contributed by atoms with Gasteiger partial charge in [-0.1, -0.05) is 24.3 Å². The molecule has 0 saturated heterocycles. The number of nitrogens with one attached hydrogen (secondary N) is 1. The predicted octanol–water partition coefficient (Wildman–Crippen LogP) is 2.21. The zero-order valence-electron chi connectivity index (χ0n) is 12.2. The Balaban J connectivity index is 2.12. The summed E-state index contributed by atoms with van der Waals surface area (Å²) in [7, 11) is 2.86. The van der Waals surface area contributed by atoms with Crippen molar-refractivity contribution in [2.24, 2.45) is 0 Å². The third-order valence-corrected chi connectivity index (χ3v) is 2.90. The Kier molecular flexibility index (Phi) is 4.98. The lowest BCUT2D eigenvalue weighted by molar-refractivity contribution is 0.0228. The molecule has 0 unspecified atom stereocenters. The molecule has 2 aromatic rings. The van der Waals surface area contributed by atoms with E-state index >= 15 is 0 Å². The van der Waals surface area contributed by atoms with Gasteiger partial charge in [0.1, 0.15) is 17.1 Å². The van der Waals surface area contributed by atoms with E-state index in [0.29, 0.717) is 17.1 Å². The Morgan fingerprint density at radius 2 is 1.45 bits per heavy atom. The lowest BCUT2D eigenvalue weighted by Gasteiger charge is -2.12. The number of hydroxylamine groups is 1. The summed E-state index contributed by atoms with van der Waals surface area (Å²) in [4.78, 5) is 28.8. The van der Waals surface area contributed by atoms with Crippen molar-refractivity contribution in [1.29, 1.82) is 0 Å². The summed E-state index contributed by atoms with van der Waals surface area (Å²) in [5, 5.41) is 0. The first-order valence-corrected chi connectivity index (χ1v) is 6.45. The molecule has 1 N–H and O–H groups in total. The predicted molar refractivity (Wildman–Crippen MR) is 78.9 cm³/mol. The highest BCUT2D eigenvalue weighted by Crippen LogP contribution is 2.27. The highest BCUT2D eigenvalue weighted by Gasteiger charge is 2.19. The van der Waals surface area contributed by atoms with Gasteiger partial charge in [0.25, 0.3) is 5.91 Å². The van der Waals surface area contributed by atoms with Gasteiger partial charge < -0.3 is 14.3 Å². The van der Waals surface area contributed by atoms with Crippen LogP contribution in [0.1, 0.15) is 20.7 Å². The van der Waals surface area contributed by atoms with Crippen molar-refractivity contribution in [3.05, 3.63) is 59.7 Å². The van der Waals surface area contributed by atoms with Crippen LogP contribution >= 0.6 is 0 Å². The minimum atomic E-state index is -0.664. The van der Waals surface area contributed by atoms with E-state index in [-0.39, 0.29) is 5.56 Å². The molecule has 0 heterocycles. The molecule has 0 spiro atoms. The number of hydrogen-bond acceptors (Lipinski definition) is 5. The van der Waals surface area contributed by atoms with E-state index in [1.54, 1.807) is 48.5 Å². The minimum absolute atomic E-state index is 0.147. The largest absolute Gasteiger partial charge is 0.496 e. The van der Waals surface area contributed by atoms with Gasteiger partial charge in [0.05, 0.1) is 19.8 Å². The van der Waals surface area contributed by atoms with Gasteiger partial charge in [-0.2, -0.15) is 5.48 Å². The molecule has 0 aliphatic rings. The van der Waals surface area contributed by atoms with Gasteiger partial charge in [0, 0.05) is 0 Å². The fraction of sp³-hybridized carbons (Fsp3) is 0.125. The summed E-state index contributed by atoms with van der Waals surface area (Å²) >= 11 is 0. The summed E-state index contributed by atoms with van der Waals surface area (Å²) in [5.74, 6) is -0.679. The second-order valence-corrected chi connectivity index (χ2v) is 4.22. The van der Waals surface area contributed by atoms with Gasteiger partial charge in [-0.25, -0.2) is 4.79 Å². The number of methoxy groups -OCH3 is 2. The average Bonchev–Trinajstić information content (AvgIpc) is 2.59. The molecule has 114 valence electrons. The maximum Gasteiger partial charge on any atom is 0.362 e. The number of carbonyl (C=O) groups excluding carboxylic acids is 2. The maximum absolute atomic E-state index is 12.2. The molecule has 0 aliphatic carbocycles. The van der Waals surface area contributed by atoms with Crippen LogP contribution < -0.4 is 15.0 Å². The topological polar surface area (TPSA) is 73.9 Å². The van der Waals surface area contributed by atoms with Crippen molar-refractivity contribution in [3.63, 3.8) is 0 Å². The van der Waals surface area contributed by atoms with Crippen LogP contribution in [0.25, 0.3) is 0 Å². The van der Waals surface area contributed by atoms with E-state index in [9.17, 15) is 9.59 Å². The third kappa shape index (κ3) is 3.35. The number of amides is 1. The van der Waals surface area contributed by atoms with Crippen LogP contribution in [0.15, 0.2) is 48.5 Å². The number of benzene rings is 2. The molecule has 0 aliphatic heterocycles. The van der Waals surface area contributed by atoms with E-state index in [1.165, 1.54) is 14.2 Å². The third-order valence-electron chi connectivity index (χ3n) is 2.90. The molecular weight excluding hydrogens is 286 g/mol. The van der Waals surface area contributed by atoms with Crippen LogP contribution in [0.4, 0.5) is 0 Å². The maximum atomic E-state index is 12.2. The van der Waals surface area contributed by atoms with Gasteiger partial charge in [-0.3, -0.25) is 4.79 Å². The van der Waals surface area contributed by atoms with Gasteiger partial charge in [0.15, 0.2) is 0 Å². The minimum Gasteiger partial charge on any atom is -0.496 e. The first kappa shape index (κ1) is 15.4. The van der Waals surface area contributed by atoms with E-state index < -0.39 is 11.9 Å². The summed E-state index contributed by atoms with van der Waals surface area (Å²) in [6.07, 6.45) is 0. The second kappa shape index (κ2) is 7.12. The number of ether oxygens (including phenoxy) is 2.